The van der Waals surface area contributed by atoms with E-state index in [1.54, 1.807) is 42.5 Å². The molecule has 8 nitrogen and oxygen atoms in total. The molecule has 0 atom stereocenters. The van der Waals surface area contributed by atoms with Crippen LogP contribution in [0, 0.1) is 10.1 Å². The third-order valence-corrected chi connectivity index (χ3v) is 3.76. The van der Waals surface area contributed by atoms with Gasteiger partial charge in [0.2, 0.25) is 5.91 Å². The molecule has 8 heteroatoms. The molecule has 2 amide bonds. The highest BCUT2D eigenvalue weighted by molar-refractivity contribution is 5.94. The molecule has 0 unspecified atom stereocenters. The Morgan fingerprint density at radius 3 is 2.56 bits per heavy atom. The molecule has 2 aromatic carbocycles. The molecule has 1 saturated heterocycles. The lowest BCUT2D eigenvalue weighted by Gasteiger charge is -2.13. The Balaban J connectivity index is 1.65. The Morgan fingerprint density at radius 1 is 1.20 bits per heavy atom. The maximum atomic E-state index is 12.1. The molecule has 0 spiro atoms. The van der Waals surface area contributed by atoms with E-state index in [1.807, 2.05) is 0 Å². The van der Waals surface area contributed by atoms with E-state index in [0.29, 0.717) is 30.1 Å². The van der Waals surface area contributed by atoms with Gasteiger partial charge in [-0.05, 0) is 24.3 Å². The van der Waals surface area contributed by atoms with Gasteiger partial charge in [0.25, 0.3) is 5.69 Å². The maximum Gasteiger partial charge on any atom is 0.414 e. The fourth-order valence-corrected chi connectivity index (χ4v) is 2.57. The van der Waals surface area contributed by atoms with E-state index in [1.165, 1.54) is 11.0 Å². The zero-order valence-electron chi connectivity index (χ0n) is 13.2. The highest BCUT2D eigenvalue weighted by Crippen LogP contribution is 2.22. The standard InChI is InChI=1S/C17H15N3O5/c21-16(11-12-3-1-2-4-15(12)20(23)24)18-13-5-7-14(8-6-13)19-9-10-25-17(19)22/h1-8H,9-11H2,(H,18,21). The SMILES string of the molecule is O=C(Cc1ccccc1[N+](=O)[O-])Nc1ccc(N2CCOC2=O)cc1. The Kier molecular flexibility index (Phi) is 4.60. The normalized spacial score (nSPS) is 13.4. The number of ether oxygens (including phenoxy) is 1. The predicted octanol–water partition coefficient (Wildman–Crippen LogP) is 2.73. The van der Waals surface area contributed by atoms with E-state index in [2.05, 4.69) is 5.32 Å². The zero-order valence-corrected chi connectivity index (χ0v) is 13.2. The number of benzene rings is 2. The topological polar surface area (TPSA) is 102 Å². The lowest BCUT2D eigenvalue weighted by Crippen LogP contribution is -2.23. The Hall–Kier alpha value is -3.42. The molecule has 25 heavy (non-hydrogen) atoms. The Labute approximate surface area is 143 Å². The van der Waals surface area contributed by atoms with Crippen LogP contribution in [0.5, 0.6) is 0 Å². The van der Waals surface area contributed by atoms with Crippen molar-refractivity contribution in [2.24, 2.45) is 0 Å². The first-order chi connectivity index (χ1) is 12.0. The number of carbonyl (C=O) groups is 2. The number of cyclic esters (lactones) is 1. The molecule has 1 heterocycles. The van der Waals surface area contributed by atoms with Crippen LogP contribution in [0.15, 0.2) is 48.5 Å². The molecule has 1 fully saturated rings. The number of amides is 2. The van der Waals surface area contributed by atoms with Crippen molar-refractivity contribution in [1.29, 1.82) is 0 Å². The van der Waals surface area contributed by atoms with E-state index in [0.717, 1.165) is 0 Å². The third-order valence-electron chi connectivity index (χ3n) is 3.76. The molecule has 0 saturated carbocycles. The molecule has 0 radical (unpaired) electrons. The minimum absolute atomic E-state index is 0.0828. The fourth-order valence-electron chi connectivity index (χ4n) is 2.57. The predicted molar refractivity (Wildman–Crippen MR) is 90.6 cm³/mol. The number of para-hydroxylation sites is 1. The summed E-state index contributed by atoms with van der Waals surface area (Å²) < 4.78 is 4.87. The minimum Gasteiger partial charge on any atom is -0.447 e. The van der Waals surface area contributed by atoms with Crippen LogP contribution in [0.25, 0.3) is 0 Å². The van der Waals surface area contributed by atoms with Crippen molar-refractivity contribution in [3.05, 3.63) is 64.2 Å². The van der Waals surface area contributed by atoms with Gasteiger partial charge >= 0.3 is 6.09 Å². The molecule has 1 N–H and O–H groups in total. The first-order valence-electron chi connectivity index (χ1n) is 7.61. The molecular weight excluding hydrogens is 326 g/mol. The number of anilines is 2. The van der Waals surface area contributed by atoms with E-state index >= 15 is 0 Å². The van der Waals surface area contributed by atoms with Gasteiger partial charge in [0.15, 0.2) is 0 Å². The van der Waals surface area contributed by atoms with Crippen LogP contribution in [0.2, 0.25) is 0 Å². The quantitative estimate of drug-likeness (QED) is 0.665. The molecular formula is C17H15N3O5. The molecule has 1 aliphatic heterocycles. The van der Waals surface area contributed by atoms with Crippen LogP contribution in [-0.2, 0) is 16.0 Å². The zero-order chi connectivity index (χ0) is 17.8. The third kappa shape index (κ3) is 3.74. The molecule has 0 bridgehead atoms. The second-order valence-electron chi connectivity index (χ2n) is 5.42. The van der Waals surface area contributed by atoms with Crippen LogP contribution < -0.4 is 10.2 Å². The van der Waals surface area contributed by atoms with Crippen molar-refractivity contribution in [2.75, 3.05) is 23.4 Å². The number of hydrogen-bond donors (Lipinski definition) is 1. The van der Waals surface area contributed by atoms with Gasteiger partial charge in [-0.2, -0.15) is 0 Å². The molecule has 3 rings (SSSR count). The summed E-state index contributed by atoms with van der Waals surface area (Å²) in [7, 11) is 0. The van der Waals surface area contributed by atoms with E-state index in [9.17, 15) is 19.7 Å². The summed E-state index contributed by atoms with van der Waals surface area (Å²) in [6.07, 6.45) is -0.495. The number of carbonyl (C=O) groups excluding carboxylic acids is 2. The van der Waals surface area contributed by atoms with Gasteiger partial charge in [-0.3, -0.25) is 19.8 Å². The van der Waals surface area contributed by atoms with Crippen LogP contribution in [0.1, 0.15) is 5.56 Å². The molecule has 0 aliphatic carbocycles. The number of nitrogens with zero attached hydrogens (tertiary/aromatic N) is 2. The highest BCUT2D eigenvalue weighted by Gasteiger charge is 2.23. The van der Waals surface area contributed by atoms with Crippen LogP contribution in [0.4, 0.5) is 21.9 Å². The van der Waals surface area contributed by atoms with Crippen LogP contribution in [0.3, 0.4) is 0 Å². The monoisotopic (exact) mass is 341 g/mol. The summed E-state index contributed by atoms with van der Waals surface area (Å²) in [5.74, 6) is -0.359. The largest absolute Gasteiger partial charge is 0.447 e. The van der Waals surface area contributed by atoms with Gasteiger partial charge in [-0.1, -0.05) is 18.2 Å². The first kappa shape index (κ1) is 16.4. The molecule has 0 aromatic heterocycles. The molecule has 2 aromatic rings. The van der Waals surface area contributed by atoms with Crippen molar-refractivity contribution in [2.45, 2.75) is 6.42 Å². The average molecular weight is 341 g/mol. The molecule has 1 aliphatic rings. The average Bonchev–Trinajstić information content (AvgIpc) is 3.02. The van der Waals surface area contributed by atoms with Gasteiger partial charge in [0, 0.05) is 23.0 Å². The fraction of sp³-hybridized carbons (Fsp3) is 0.176. The number of nitro benzene ring substituents is 1. The minimum atomic E-state index is -0.507. The lowest BCUT2D eigenvalue weighted by atomic mass is 10.1. The Bertz CT molecular complexity index is 819. The summed E-state index contributed by atoms with van der Waals surface area (Å²) in [5, 5.41) is 13.7. The summed E-state index contributed by atoms with van der Waals surface area (Å²) >= 11 is 0. The van der Waals surface area contributed by atoms with Crippen molar-refractivity contribution >= 4 is 29.1 Å². The lowest BCUT2D eigenvalue weighted by molar-refractivity contribution is -0.385. The second-order valence-corrected chi connectivity index (χ2v) is 5.42. The summed E-state index contributed by atoms with van der Waals surface area (Å²) in [6, 6.07) is 12.9. The number of hydrogen-bond acceptors (Lipinski definition) is 5. The summed E-state index contributed by atoms with van der Waals surface area (Å²) in [4.78, 5) is 35.6. The number of nitro groups is 1. The van der Waals surface area contributed by atoms with Gasteiger partial charge in [0.05, 0.1) is 17.9 Å². The molecule has 128 valence electrons. The smallest absolute Gasteiger partial charge is 0.414 e. The van der Waals surface area contributed by atoms with Gasteiger partial charge in [-0.15, -0.1) is 0 Å². The van der Waals surface area contributed by atoms with Gasteiger partial charge < -0.3 is 10.1 Å². The second kappa shape index (κ2) is 7.00. The van der Waals surface area contributed by atoms with Crippen LogP contribution >= 0.6 is 0 Å². The van der Waals surface area contributed by atoms with Crippen molar-refractivity contribution < 1.29 is 19.2 Å². The van der Waals surface area contributed by atoms with Crippen molar-refractivity contribution in [1.82, 2.24) is 0 Å². The van der Waals surface area contributed by atoms with E-state index in [-0.39, 0.29) is 18.0 Å². The summed E-state index contributed by atoms with van der Waals surface area (Å²) in [6.45, 7) is 0.843. The van der Waals surface area contributed by atoms with Gasteiger partial charge in [0.1, 0.15) is 6.61 Å². The maximum absolute atomic E-state index is 12.1. The van der Waals surface area contributed by atoms with Crippen molar-refractivity contribution in [3.8, 4) is 0 Å². The van der Waals surface area contributed by atoms with Gasteiger partial charge in [-0.25, -0.2) is 4.79 Å². The number of rotatable bonds is 5. The summed E-state index contributed by atoms with van der Waals surface area (Å²) in [5.41, 5.74) is 1.49. The first-order valence-corrected chi connectivity index (χ1v) is 7.61. The van der Waals surface area contributed by atoms with Crippen LogP contribution in [-0.4, -0.2) is 30.1 Å². The van der Waals surface area contributed by atoms with Crippen molar-refractivity contribution in [3.63, 3.8) is 0 Å². The number of nitrogens with one attached hydrogen (secondary N) is 1. The Morgan fingerprint density at radius 2 is 1.92 bits per heavy atom. The highest BCUT2D eigenvalue weighted by atomic mass is 16.6. The van der Waals surface area contributed by atoms with E-state index in [4.69, 9.17) is 4.74 Å². The van der Waals surface area contributed by atoms with E-state index < -0.39 is 11.0 Å².